The summed E-state index contributed by atoms with van der Waals surface area (Å²) in [4.78, 5) is 31.2. The van der Waals surface area contributed by atoms with Gasteiger partial charge in [0.1, 0.15) is 0 Å². The minimum Gasteiger partial charge on any atom is -0.448 e. The van der Waals surface area contributed by atoms with E-state index >= 15 is 0 Å². The molecular formula is C18H19N3O4. The Morgan fingerprint density at radius 1 is 1.36 bits per heavy atom. The average molecular weight is 341 g/mol. The van der Waals surface area contributed by atoms with Crippen LogP contribution in [-0.4, -0.2) is 39.6 Å². The molecule has 4 rings (SSSR count). The normalized spacial score (nSPS) is 22.6. The third-order valence-electron chi connectivity index (χ3n) is 4.79. The number of ether oxygens (including phenoxy) is 1. The van der Waals surface area contributed by atoms with E-state index in [9.17, 15) is 9.59 Å². The molecule has 0 radical (unpaired) electrons. The van der Waals surface area contributed by atoms with Gasteiger partial charge >= 0.3 is 5.97 Å². The van der Waals surface area contributed by atoms with Crippen LogP contribution < -0.4 is 0 Å². The van der Waals surface area contributed by atoms with Gasteiger partial charge in [-0.15, -0.1) is 0 Å². The fourth-order valence-corrected chi connectivity index (χ4v) is 3.50. The number of aromatic nitrogens is 2. The Morgan fingerprint density at radius 3 is 3.00 bits per heavy atom. The molecule has 7 nitrogen and oxygen atoms in total. The molecule has 0 N–H and O–H groups in total. The molecule has 2 atom stereocenters. The Hall–Kier alpha value is -2.70. The number of aryl methyl sites for hydroxylation is 1. The Labute approximate surface area is 145 Å². The fraction of sp³-hybridized carbons (Fsp3) is 0.444. The van der Waals surface area contributed by atoms with Gasteiger partial charge in [-0.1, -0.05) is 30.3 Å². The molecule has 0 unspecified atom stereocenters. The van der Waals surface area contributed by atoms with Crippen molar-refractivity contribution in [3.05, 3.63) is 47.1 Å². The molecule has 1 saturated heterocycles. The van der Waals surface area contributed by atoms with Gasteiger partial charge < -0.3 is 14.2 Å². The van der Waals surface area contributed by atoms with Crippen LogP contribution in [0.2, 0.25) is 0 Å². The van der Waals surface area contributed by atoms with E-state index < -0.39 is 12.1 Å². The predicted molar refractivity (Wildman–Crippen MR) is 86.7 cm³/mol. The number of carbonyl (C=O) groups excluding carboxylic acids is 2. The highest BCUT2D eigenvalue weighted by Crippen LogP contribution is 2.32. The summed E-state index contributed by atoms with van der Waals surface area (Å²) < 4.78 is 10.6. The zero-order valence-electron chi connectivity index (χ0n) is 14.0. The number of cyclic esters (lactones) is 1. The first-order valence-electron chi connectivity index (χ1n) is 8.59. The summed E-state index contributed by atoms with van der Waals surface area (Å²) in [6, 6.07) is 7.03. The smallest absolute Gasteiger partial charge is 0.339 e. The molecule has 2 aliphatic rings. The van der Waals surface area contributed by atoms with E-state index in [1.54, 1.807) is 17.0 Å². The van der Waals surface area contributed by atoms with E-state index in [4.69, 9.17) is 9.26 Å². The Kier molecular flexibility index (Phi) is 3.99. The molecule has 0 spiro atoms. The largest absolute Gasteiger partial charge is 0.448 e. The second-order valence-electron chi connectivity index (χ2n) is 6.34. The highest BCUT2D eigenvalue weighted by atomic mass is 16.5. The second kappa shape index (κ2) is 6.31. The lowest BCUT2D eigenvalue weighted by molar-refractivity contribution is -0.142. The van der Waals surface area contributed by atoms with Crippen LogP contribution in [0.15, 0.2) is 28.8 Å². The Morgan fingerprint density at radius 2 is 2.20 bits per heavy atom. The average Bonchev–Trinajstić information content (AvgIpc) is 3.29. The molecule has 2 aliphatic heterocycles. The first kappa shape index (κ1) is 15.8. The number of fused-ring (bicyclic) bond motifs is 1. The number of nitrogens with zero attached hydrogens (tertiary/aromatic N) is 3. The molecule has 3 heterocycles. The standard InChI is InChI=1S/C18H19N3O4/c1-2-15-19-16(20-25-15)13-8-5-9-21(13)17(22)14-10-11-6-3-4-7-12(11)18(23)24-14/h3-4,6-7,13-14H,2,5,8-10H2,1H3/t13-,14-/m0/s1. The van der Waals surface area contributed by atoms with Gasteiger partial charge in [-0.25, -0.2) is 4.79 Å². The van der Waals surface area contributed by atoms with Crippen molar-refractivity contribution in [3.8, 4) is 0 Å². The van der Waals surface area contributed by atoms with Crippen LogP contribution in [0.25, 0.3) is 0 Å². The monoisotopic (exact) mass is 341 g/mol. The van der Waals surface area contributed by atoms with Gasteiger partial charge in [-0.3, -0.25) is 4.79 Å². The number of carbonyl (C=O) groups is 2. The van der Waals surface area contributed by atoms with Crippen molar-refractivity contribution in [2.75, 3.05) is 6.54 Å². The maximum atomic E-state index is 13.0. The maximum Gasteiger partial charge on any atom is 0.339 e. The molecule has 7 heteroatoms. The SMILES string of the molecule is CCc1nc([C@@H]2CCCN2C(=O)[C@@H]2Cc3ccccc3C(=O)O2)no1. The summed E-state index contributed by atoms with van der Waals surface area (Å²) in [5.41, 5.74) is 1.39. The van der Waals surface area contributed by atoms with Crippen LogP contribution >= 0.6 is 0 Å². The van der Waals surface area contributed by atoms with Crippen molar-refractivity contribution < 1.29 is 18.8 Å². The molecule has 0 bridgehead atoms. The summed E-state index contributed by atoms with van der Waals surface area (Å²) in [5.74, 6) is 0.467. The number of likely N-dealkylation sites (tertiary alicyclic amines) is 1. The minimum absolute atomic E-state index is 0.187. The van der Waals surface area contributed by atoms with Crippen LogP contribution in [0.4, 0.5) is 0 Å². The van der Waals surface area contributed by atoms with Gasteiger partial charge in [0, 0.05) is 19.4 Å². The third kappa shape index (κ3) is 2.79. The van der Waals surface area contributed by atoms with E-state index in [1.807, 2.05) is 19.1 Å². The molecule has 1 aromatic carbocycles. The number of esters is 1. The molecule has 1 amide bonds. The highest BCUT2D eigenvalue weighted by molar-refractivity contribution is 5.95. The fourth-order valence-electron chi connectivity index (χ4n) is 3.50. The quantitative estimate of drug-likeness (QED) is 0.795. The van der Waals surface area contributed by atoms with Crippen LogP contribution in [0, 0.1) is 0 Å². The van der Waals surface area contributed by atoms with Gasteiger partial charge in [-0.2, -0.15) is 4.98 Å². The molecule has 0 saturated carbocycles. The lowest BCUT2D eigenvalue weighted by atomic mass is 9.98. The van der Waals surface area contributed by atoms with Gasteiger partial charge in [0.2, 0.25) is 5.89 Å². The van der Waals surface area contributed by atoms with Gasteiger partial charge in [-0.05, 0) is 24.5 Å². The van der Waals surface area contributed by atoms with Crippen molar-refractivity contribution in [1.82, 2.24) is 15.0 Å². The van der Waals surface area contributed by atoms with Crippen molar-refractivity contribution in [1.29, 1.82) is 0 Å². The summed E-state index contributed by atoms with van der Waals surface area (Å²) in [7, 11) is 0. The topological polar surface area (TPSA) is 85.5 Å². The van der Waals surface area contributed by atoms with E-state index in [1.165, 1.54) is 0 Å². The van der Waals surface area contributed by atoms with Gasteiger partial charge in [0.25, 0.3) is 5.91 Å². The molecule has 130 valence electrons. The van der Waals surface area contributed by atoms with Crippen LogP contribution in [-0.2, 0) is 22.4 Å². The lowest BCUT2D eigenvalue weighted by Crippen LogP contribution is -2.44. The van der Waals surface area contributed by atoms with Crippen molar-refractivity contribution in [2.24, 2.45) is 0 Å². The number of amides is 1. The predicted octanol–water partition coefficient (Wildman–Crippen LogP) is 2.08. The van der Waals surface area contributed by atoms with E-state index in [-0.39, 0.29) is 11.9 Å². The first-order valence-corrected chi connectivity index (χ1v) is 8.59. The maximum absolute atomic E-state index is 13.0. The summed E-state index contributed by atoms with van der Waals surface area (Å²) in [6.45, 7) is 2.54. The summed E-state index contributed by atoms with van der Waals surface area (Å²) in [6.07, 6.45) is 1.91. The molecule has 1 fully saturated rings. The molecule has 2 aromatic rings. The lowest BCUT2D eigenvalue weighted by Gasteiger charge is -2.29. The van der Waals surface area contributed by atoms with Gasteiger partial charge in [0.15, 0.2) is 11.9 Å². The number of hydrogen-bond acceptors (Lipinski definition) is 6. The molecule has 25 heavy (non-hydrogen) atoms. The van der Waals surface area contributed by atoms with Crippen LogP contribution in [0.3, 0.4) is 0 Å². The van der Waals surface area contributed by atoms with E-state index in [0.717, 1.165) is 18.4 Å². The van der Waals surface area contributed by atoms with Crippen molar-refractivity contribution in [2.45, 2.75) is 44.8 Å². The molecule has 0 aliphatic carbocycles. The second-order valence-corrected chi connectivity index (χ2v) is 6.34. The molecular weight excluding hydrogens is 322 g/mol. The zero-order chi connectivity index (χ0) is 17.4. The third-order valence-corrected chi connectivity index (χ3v) is 4.79. The zero-order valence-corrected chi connectivity index (χ0v) is 14.0. The summed E-state index contributed by atoms with van der Waals surface area (Å²) >= 11 is 0. The number of hydrogen-bond donors (Lipinski definition) is 0. The number of benzene rings is 1. The number of rotatable bonds is 3. The van der Waals surface area contributed by atoms with Crippen molar-refractivity contribution >= 4 is 11.9 Å². The summed E-state index contributed by atoms with van der Waals surface area (Å²) in [5, 5.41) is 4.01. The van der Waals surface area contributed by atoms with Gasteiger partial charge in [0.05, 0.1) is 11.6 Å². The van der Waals surface area contributed by atoms with Crippen LogP contribution in [0.1, 0.15) is 53.4 Å². The van der Waals surface area contributed by atoms with E-state index in [0.29, 0.717) is 36.7 Å². The molecule has 1 aromatic heterocycles. The van der Waals surface area contributed by atoms with E-state index in [2.05, 4.69) is 10.1 Å². The Balaban J connectivity index is 1.55. The first-order chi connectivity index (χ1) is 12.2. The van der Waals surface area contributed by atoms with Crippen molar-refractivity contribution in [3.63, 3.8) is 0 Å². The highest BCUT2D eigenvalue weighted by Gasteiger charge is 2.40. The Bertz CT molecular complexity index is 816. The van der Waals surface area contributed by atoms with Crippen LogP contribution in [0.5, 0.6) is 0 Å². The minimum atomic E-state index is -0.791.